The first-order chi connectivity index (χ1) is 21.2. The van der Waals surface area contributed by atoms with Crippen LogP contribution in [-0.2, 0) is 19.6 Å². The zero-order chi connectivity index (χ0) is 31.5. The molecule has 44 heavy (non-hydrogen) atoms. The van der Waals surface area contributed by atoms with Crippen LogP contribution in [0.25, 0.3) is 0 Å². The van der Waals surface area contributed by atoms with Crippen molar-refractivity contribution in [2.45, 2.75) is 11.8 Å². The Hall–Kier alpha value is -5.36. The summed E-state index contributed by atoms with van der Waals surface area (Å²) in [5, 5.41) is 6.70. The molecule has 0 atom stereocenters. The van der Waals surface area contributed by atoms with Crippen molar-refractivity contribution in [3.05, 3.63) is 108 Å². The molecule has 2 amide bonds. The van der Waals surface area contributed by atoms with E-state index in [1.165, 1.54) is 44.7 Å². The fourth-order valence-electron chi connectivity index (χ4n) is 3.98. The molecule has 2 N–H and O–H groups in total. The molecule has 12 heteroatoms. The summed E-state index contributed by atoms with van der Waals surface area (Å²) in [5.74, 6) is 0.515. The molecule has 0 bridgehead atoms. The fourth-order valence-corrected chi connectivity index (χ4v) is 5.40. The van der Waals surface area contributed by atoms with Gasteiger partial charge in [-0.05, 0) is 85.3 Å². The van der Waals surface area contributed by atoms with Crippen LogP contribution in [0.4, 0.5) is 11.4 Å². The molecule has 0 radical (unpaired) electrons. The maximum absolute atomic E-state index is 13.5. The number of ether oxygens (including phenoxy) is 3. The van der Waals surface area contributed by atoms with Gasteiger partial charge in [-0.15, -0.1) is 0 Å². The van der Waals surface area contributed by atoms with Crippen molar-refractivity contribution < 1.29 is 32.2 Å². The lowest BCUT2D eigenvalue weighted by molar-refractivity contribution is -0.119. The molecule has 0 aliphatic carbocycles. The minimum atomic E-state index is -4.09. The van der Waals surface area contributed by atoms with E-state index in [9.17, 15) is 18.0 Å². The van der Waals surface area contributed by atoms with Crippen LogP contribution in [0.3, 0.4) is 0 Å². The second-order valence-corrected chi connectivity index (χ2v) is 11.3. The minimum absolute atomic E-state index is 0.00904. The van der Waals surface area contributed by atoms with Gasteiger partial charge < -0.3 is 19.5 Å². The Morgan fingerprint density at radius 1 is 0.818 bits per heavy atom. The average molecular weight is 617 g/mol. The van der Waals surface area contributed by atoms with Gasteiger partial charge in [-0.1, -0.05) is 29.8 Å². The zero-order valence-electron chi connectivity index (χ0n) is 24.4. The monoisotopic (exact) mass is 616 g/mol. The summed E-state index contributed by atoms with van der Waals surface area (Å²) in [7, 11) is -1.08. The number of carbonyl (C=O) groups excluding carboxylic acids is 2. The predicted octanol–water partition coefficient (Wildman–Crippen LogP) is 4.38. The number of amides is 2. The van der Waals surface area contributed by atoms with Crippen molar-refractivity contribution in [2.24, 2.45) is 5.10 Å². The molecule has 0 heterocycles. The highest BCUT2D eigenvalue weighted by Crippen LogP contribution is 2.26. The van der Waals surface area contributed by atoms with E-state index in [-0.39, 0.29) is 17.4 Å². The minimum Gasteiger partial charge on any atom is -0.497 e. The van der Waals surface area contributed by atoms with Crippen LogP contribution in [-0.4, -0.2) is 53.8 Å². The Bertz CT molecular complexity index is 1710. The standard InChI is InChI=1S/C32H32N4O7S/c1-23-8-12-25(13-9-23)36(44(39,40)28-18-16-26(41-2)17-19-28)21-31(37)35-33-20-24-10-14-27(15-11-24)43-22-32(38)34-29-6-4-5-7-30(29)42-3/h4-20H,21-22H2,1-3H3,(H,34,38)(H,35,37)/b33-20-. The Labute approximate surface area is 256 Å². The van der Waals surface area contributed by atoms with Crippen LogP contribution in [0.5, 0.6) is 17.2 Å². The number of hydrogen-bond acceptors (Lipinski definition) is 8. The third-order valence-corrected chi connectivity index (χ3v) is 8.08. The smallest absolute Gasteiger partial charge is 0.264 e. The van der Waals surface area contributed by atoms with Gasteiger partial charge in [0.1, 0.15) is 23.8 Å². The van der Waals surface area contributed by atoms with Gasteiger partial charge in [-0.25, -0.2) is 13.8 Å². The van der Waals surface area contributed by atoms with Gasteiger partial charge in [0.05, 0.1) is 36.7 Å². The summed E-state index contributed by atoms with van der Waals surface area (Å²) < 4.78 is 44.0. The quantitative estimate of drug-likeness (QED) is 0.168. The second-order valence-electron chi connectivity index (χ2n) is 9.42. The van der Waals surface area contributed by atoms with Crippen LogP contribution in [0.2, 0.25) is 0 Å². The molecular weight excluding hydrogens is 584 g/mol. The van der Waals surface area contributed by atoms with E-state index in [0.29, 0.717) is 34.2 Å². The van der Waals surface area contributed by atoms with Crippen molar-refractivity contribution in [1.29, 1.82) is 0 Å². The van der Waals surface area contributed by atoms with Crippen molar-refractivity contribution in [3.63, 3.8) is 0 Å². The largest absolute Gasteiger partial charge is 0.497 e. The van der Waals surface area contributed by atoms with E-state index < -0.39 is 22.5 Å². The van der Waals surface area contributed by atoms with Gasteiger partial charge in [-0.3, -0.25) is 13.9 Å². The molecular formula is C32H32N4O7S. The number of nitrogens with one attached hydrogen (secondary N) is 2. The molecule has 4 aromatic carbocycles. The first kappa shape index (κ1) is 31.6. The van der Waals surface area contributed by atoms with Gasteiger partial charge in [0, 0.05) is 0 Å². The van der Waals surface area contributed by atoms with Crippen molar-refractivity contribution in [2.75, 3.05) is 37.0 Å². The summed E-state index contributed by atoms with van der Waals surface area (Å²) in [4.78, 5) is 25.1. The molecule has 4 aromatic rings. The van der Waals surface area contributed by atoms with Gasteiger partial charge in [0.25, 0.3) is 21.8 Å². The van der Waals surface area contributed by atoms with Gasteiger partial charge in [0.15, 0.2) is 6.61 Å². The van der Waals surface area contributed by atoms with Gasteiger partial charge in [-0.2, -0.15) is 5.10 Å². The highest BCUT2D eigenvalue weighted by atomic mass is 32.2. The Morgan fingerprint density at radius 3 is 2.14 bits per heavy atom. The lowest BCUT2D eigenvalue weighted by atomic mass is 10.2. The number of hydrazone groups is 1. The number of methoxy groups -OCH3 is 2. The molecule has 0 saturated heterocycles. The molecule has 0 saturated carbocycles. The van der Waals surface area contributed by atoms with Crippen molar-refractivity contribution in [3.8, 4) is 17.2 Å². The Kier molecular flexibility index (Phi) is 10.5. The highest BCUT2D eigenvalue weighted by molar-refractivity contribution is 7.92. The van der Waals surface area contributed by atoms with Gasteiger partial charge in [0.2, 0.25) is 0 Å². The zero-order valence-corrected chi connectivity index (χ0v) is 25.2. The number of sulfonamides is 1. The second kappa shape index (κ2) is 14.7. The Morgan fingerprint density at radius 2 is 1.48 bits per heavy atom. The van der Waals surface area contributed by atoms with Crippen molar-refractivity contribution in [1.82, 2.24) is 5.43 Å². The summed E-state index contributed by atoms with van der Waals surface area (Å²) in [6.45, 7) is 1.17. The SMILES string of the molecule is COc1ccc(S(=O)(=O)N(CC(=O)N/N=C\c2ccc(OCC(=O)Nc3ccccc3OC)cc2)c2ccc(C)cc2)cc1. The lowest BCUT2D eigenvalue weighted by Crippen LogP contribution is -2.39. The number of nitrogens with zero attached hydrogens (tertiary/aromatic N) is 2. The third kappa shape index (κ3) is 8.35. The molecule has 0 aromatic heterocycles. The number of carbonyl (C=O) groups is 2. The van der Waals surface area contributed by atoms with Gasteiger partial charge >= 0.3 is 0 Å². The van der Waals surface area contributed by atoms with E-state index in [2.05, 4.69) is 15.8 Å². The first-order valence-corrected chi connectivity index (χ1v) is 14.8. The maximum atomic E-state index is 13.5. The molecule has 11 nitrogen and oxygen atoms in total. The van der Waals surface area contributed by atoms with Crippen LogP contribution in [0.15, 0.2) is 107 Å². The normalized spacial score (nSPS) is 11.1. The molecule has 0 unspecified atom stereocenters. The molecule has 0 fully saturated rings. The predicted molar refractivity (Wildman–Crippen MR) is 168 cm³/mol. The van der Waals surface area contributed by atoms with E-state index in [1.807, 2.05) is 6.92 Å². The van der Waals surface area contributed by atoms with E-state index >= 15 is 0 Å². The molecule has 228 valence electrons. The van der Waals surface area contributed by atoms with Crippen molar-refractivity contribution >= 4 is 39.4 Å². The van der Waals surface area contributed by atoms with Crippen LogP contribution < -0.4 is 29.3 Å². The molecule has 0 aliphatic heterocycles. The number of aryl methyl sites for hydroxylation is 1. The number of anilines is 2. The highest BCUT2D eigenvalue weighted by Gasteiger charge is 2.27. The maximum Gasteiger partial charge on any atom is 0.264 e. The summed E-state index contributed by atoms with van der Waals surface area (Å²) >= 11 is 0. The average Bonchev–Trinajstić information content (AvgIpc) is 3.04. The summed E-state index contributed by atoms with van der Waals surface area (Å²) in [5.41, 5.74) is 4.83. The lowest BCUT2D eigenvalue weighted by Gasteiger charge is -2.24. The molecule has 4 rings (SSSR count). The van der Waals surface area contributed by atoms with Crippen LogP contribution >= 0.6 is 0 Å². The molecule has 0 spiro atoms. The number of rotatable bonds is 13. The number of benzene rings is 4. The van der Waals surface area contributed by atoms with E-state index in [0.717, 1.165) is 9.87 Å². The van der Waals surface area contributed by atoms with Crippen LogP contribution in [0.1, 0.15) is 11.1 Å². The summed E-state index contributed by atoms with van der Waals surface area (Å²) in [6.07, 6.45) is 1.41. The van der Waals surface area contributed by atoms with E-state index in [4.69, 9.17) is 14.2 Å². The topological polar surface area (TPSA) is 136 Å². The Balaban J connectivity index is 1.35. The third-order valence-electron chi connectivity index (χ3n) is 6.29. The van der Waals surface area contributed by atoms with Crippen LogP contribution in [0, 0.1) is 6.92 Å². The number of hydrogen-bond donors (Lipinski definition) is 2. The van der Waals surface area contributed by atoms with E-state index in [1.54, 1.807) is 72.8 Å². The molecule has 0 aliphatic rings. The number of para-hydroxylation sites is 2. The fraction of sp³-hybridized carbons (Fsp3) is 0.156. The first-order valence-electron chi connectivity index (χ1n) is 13.4. The summed E-state index contributed by atoms with van der Waals surface area (Å²) in [6, 6.07) is 26.5.